The van der Waals surface area contributed by atoms with Crippen molar-refractivity contribution in [1.82, 2.24) is 15.0 Å². The topological polar surface area (TPSA) is 47.9 Å². The smallest absolute Gasteiger partial charge is 0.163 e. The molecule has 2 aromatic heterocycles. The van der Waals surface area contributed by atoms with Crippen molar-refractivity contribution < 1.29 is 9.13 Å². The number of hydrogen-bond acceptors (Lipinski definition) is 4. The molecule has 0 N–H and O–H groups in total. The average Bonchev–Trinajstić information content (AvgIpc) is 2.68. The van der Waals surface area contributed by atoms with E-state index in [2.05, 4.69) is 15.0 Å². The highest BCUT2D eigenvalue weighted by molar-refractivity contribution is 5.79. The van der Waals surface area contributed by atoms with Crippen LogP contribution in [0.15, 0.2) is 66.9 Å². The summed E-state index contributed by atoms with van der Waals surface area (Å²) in [6, 6.07) is 17.7. The number of benzene rings is 2. The summed E-state index contributed by atoms with van der Waals surface area (Å²) < 4.78 is 18.3. The zero-order valence-electron chi connectivity index (χ0n) is 13.5. The predicted molar refractivity (Wildman–Crippen MR) is 94.7 cm³/mol. The Hall–Kier alpha value is -3.34. The van der Waals surface area contributed by atoms with E-state index in [4.69, 9.17) is 4.74 Å². The third kappa shape index (κ3) is 3.04. The molecule has 0 saturated heterocycles. The van der Waals surface area contributed by atoms with Gasteiger partial charge in [0.05, 0.1) is 12.8 Å². The summed E-state index contributed by atoms with van der Waals surface area (Å²) in [4.78, 5) is 13.5. The van der Waals surface area contributed by atoms with Gasteiger partial charge >= 0.3 is 0 Å². The van der Waals surface area contributed by atoms with Gasteiger partial charge in [0.25, 0.3) is 0 Å². The largest absolute Gasteiger partial charge is 0.497 e. The Balaban J connectivity index is 1.76. The second-order valence-electron chi connectivity index (χ2n) is 5.54. The van der Waals surface area contributed by atoms with Gasteiger partial charge in [-0.15, -0.1) is 0 Å². The van der Waals surface area contributed by atoms with Crippen molar-refractivity contribution in [2.45, 2.75) is 0 Å². The molecule has 0 aliphatic rings. The first-order valence-electron chi connectivity index (χ1n) is 7.77. The van der Waals surface area contributed by atoms with Gasteiger partial charge in [-0.05, 0) is 60.7 Å². The van der Waals surface area contributed by atoms with Crippen molar-refractivity contribution in [3.05, 3.63) is 72.7 Å². The number of pyridine rings is 1. The van der Waals surface area contributed by atoms with Crippen LogP contribution >= 0.6 is 0 Å². The molecule has 4 nitrogen and oxygen atoms in total. The minimum Gasteiger partial charge on any atom is -0.497 e. The van der Waals surface area contributed by atoms with Crippen LogP contribution in [-0.4, -0.2) is 22.1 Å². The normalized spacial score (nSPS) is 10.8. The monoisotopic (exact) mass is 331 g/mol. The number of rotatable bonds is 3. The first-order valence-corrected chi connectivity index (χ1v) is 7.77. The molecule has 25 heavy (non-hydrogen) atoms. The van der Waals surface area contributed by atoms with E-state index in [9.17, 15) is 4.39 Å². The molecule has 0 amide bonds. The van der Waals surface area contributed by atoms with E-state index >= 15 is 0 Å². The predicted octanol–water partition coefficient (Wildman–Crippen LogP) is 4.51. The molecule has 122 valence electrons. The number of ether oxygens (including phenoxy) is 1. The second-order valence-corrected chi connectivity index (χ2v) is 5.54. The number of aromatic nitrogens is 3. The van der Waals surface area contributed by atoms with E-state index in [0.29, 0.717) is 11.5 Å². The van der Waals surface area contributed by atoms with Crippen LogP contribution in [0.3, 0.4) is 0 Å². The van der Waals surface area contributed by atoms with Gasteiger partial charge in [0.15, 0.2) is 11.5 Å². The fraction of sp³-hybridized carbons (Fsp3) is 0.0500. The van der Waals surface area contributed by atoms with E-state index < -0.39 is 0 Å². The highest BCUT2D eigenvalue weighted by Gasteiger charge is 2.07. The van der Waals surface area contributed by atoms with Crippen LogP contribution in [0.1, 0.15) is 0 Å². The summed E-state index contributed by atoms with van der Waals surface area (Å²) in [6.07, 6.45) is 1.73. The first kappa shape index (κ1) is 15.2. The molecular formula is C20H14FN3O. The Bertz CT molecular complexity index is 1030. The van der Waals surface area contributed by atoms with Gasteiger partial charge in [-0.3, -0.25) is 0 Å². The molecule has 0 saturated carbocycles. The first-order chi connectivity index (χ1) is 12.2. The van der Waals surface area contributed by atoms with E-state index in [1.165, 1.54) is 12.1 Å². The molecule has 4 aromatic rings. The van der Waals surface area contributed by atoms with Crippen molar-refractivity contribution in [3.8, 4) is 28.4 Å². The SMILES string of the molecule is COc1ccc(-c2ccc3cnc(-c4ccc(F)cc4)nc3n2)cc1. The van der Waals surface area contributed by atoms with E-state index in [0.717, 1.165) is 28.0 Å². The van der Waals surface area contributed by atoms with Crippen LogP contribution < -0.4 is 4.74 Å². The van der Waals surface area contributed by atoms with Crippen LogP contribution in [0.4, 0.5) is 4.39 Å². The lowest BCUT2D eigenvalue weighted by Gasteiger charge is -2.06. The molecule has 5 heteroatoms. The van der Waals surface area contributed by atoms with E-state index in [1.807, 2.05) is 36.4 Å². The molecule has 0 spiro atoms. The summed E-state index contributed by atoms with van der Waals surface area (Å²) in [6.45, 7) is 0. The van der Waals surface area contributed by atoms with Gasteiger partial charge in [0.2, 0.25) is 0 Å². The third-order valence-corrected chi connectivity index (χ3v) is 3.93. The Morgan fingerprint density at radius 1 is 0.800 bits per heavy atom. The third-order valence-electron chi connectivity index (χ3n) is 3.93. The summed E-state index contributed by atoms with van der Waals surface area (Å²) in [5, 5.41) is 0.850. The number of fused-ring (bicyclic) bond motifs is 1. The van der Waals surface area contributed by atoms with Gasteiger partial charge in [-0.2, -0.15) is 0 Å². The van der Waals surface area contributed by atoms with Crippen molar-refractivity contribution in [3.63, 3.8) is 0 Å². The molecule has 0 bridgehead atoms. The lowest BCUT2D eigenvalue weighted by Crippen LogP contribution is -1.94. The highest BCUT2D eigenvalue weighted by atomic mass is 19.1. The molecule has 2 heterocycles. The molecule has 0 unspecified atom stereocenters. The van der Waals surface area contributed by atoms with E-state index in [1.54, 1.807) is 25.4 Å². The Morgan fingerprint density at radius 2 is 1.52 bits per heavy atom. The van der Waals surface area contributed by atoms with Gasteiger partial charge in [-0.1, -0.05) is 0 Å². The van der Waals surface area contributed by atoms with Crippen LogP contribution in [0.25, 0.3) is 33.7 Å². The number of halogens is 1. The number of nitrogens with zero attached hydrogens (tertiary/aromatic N) is 3. The minimum absolute atomic E-state index is 0.288. The lowest BCUT2D eigenvalue weighted by molar-refractivity contribution is 0.415. The maximum Gasteiger partial charge on any atom is 0.163 e. The molecule has 0 atom stereocenters. The molecule has 0 radical (unpaired) electrons. The fourth-order valence-corrected chi connectivity index (χ4v) is 2.57. The summed E-state index contributed by atoms with van der Waals surface area (Å²) >= 11 is 0. The summed E-state index contributed by atoms with van der Waals surface area (Å²) in [7, 11) is 1.64. The van der Waals surface area contributed by atoms with Crippen molar-refractivity contribution in [2.75, 3.05) is 7.11 Å². The quantitative estimate of drug-likeness (QED) is 0.554. The lowest BCUT2D eigenvalue weighted by atomic mass is 10.1. The minimum atomic E-state index is -0.288. The van der Waals surface area contributed by atoms with Gasteiger partial charge in [0, 0.05) is 22.7 Å². The highest BCUT2D eigenvalue weighted by Crippen LogP contribution is 2.24. The van der Waals surface area contributed by atoms with Crippen molar-refractivity contribution >= 4 is 11.0 Å². The molecule has 2 aromatic carbocycles. The van der Waals surface area contributed by atoms with Gasteiger partial charge < -0.3 is 4.74 Å². The number of hydrogen-bond donors (Lipinski definition) is 0. The molecule has 0 aliphatic carbocycles. The summed E-state index contributed by atoms with van der Waals surface area (Å²) in [5.41, 5.74) is 3.14. The molecular weight excluding hydrogens is 317 g/mol. The molecule has 4 rings (SSSR count). The maximum absolute atomic E-state index is 13.1. The van der Waals surface area contributed by atoms with Crippen molar-refractivity contribution in [2.24, 2.45) is 0 Å². The fourth-order valence-electron chi connectivity index (χ4n) is 2.57. The Kier molecular flexibility index (Phi) is 3.82. The van der Waals surface area contributed by atoms with Gasteiger partial charge in [-0.25, -0.2) is 19.3 Å². The standard InChI is InChI=1S/C20H14FN3O/c1-25-17-9-4-13(5-10-17)18-11-6-15-12-22-19(24-20(15)23-18)14-2-7-16(21)8-3-14/h2-12H,1H3. The zero-order chi connectivity index (χ0) is 17.2. The molecule has 0 fully saturated rings. The van der Waals surface area contributed by atoms with E-state index in [-0.39, 0.29) is 5.82 Å². The van der Waals surface area contributed by atoms with Gasteiger partial charge in [0.1, 0.15) is 11.6 Å². The number of methoxy groups -OCH3 is 1. The molecule has 0 aliphatic heterocycles. The summed E-state index contributed by atoms with van der Waals surface area (Å²) in [5.74, 6) is 1.03. The van der Waals surface area contributed by atoms with Crippen LogP contribution in [0.5, 0.6) is 5.75 Å². The maximum atomic E-state index is 13.1. The Morgan fingerprint density at radius 3 is 2.24 bits per heavy atom. The zero-order valence-corrected chi connectivity index (χ0v) is 13.5. The van der Waals surface area contributed by atoms with Crippen LogP contribution in [-0.2, 0) is 0 Å². The van der Waals surface area contributed by atoms with Crippen molar-refractivity contribution in [1.29, 1.82) is 0 Å². The average molecular weight is 331 g/mol. The Labute approximate surface area is 144 Å². The van der Waals surface area contributed by atoms with Crippen LogP contribution in [0, 0.1) is 5.82 Å². The second kappa shape index (κ2) is 6.28. The van der Waals surface area contributed by atoms with Crippen LogP contribution in [0.2, 0.25) is 0 Å².